The molecule has 0 bridgehead atoms. The lowest BCUT2D eigenvalue weighted by atomic mass is 10.1. The van der Waals surface area contributed by atoms with Crippen LogP contribution in [0.15, 0.2) is 60.9 Å². The third-order valence-electron chi connectivity index (χ3n) is 4.40. The zero-order valence-electron chi connectivity index (χ0n) is 15.0. The number of nitrogens with one attached hydrogen (secondary N) is 2. The van der Waals surface area contributed by atoms with Crippen LogP contribution in [-0.4, -0.2) is 22.9 Å². The van der Waals surface area contributed by atoms with E-state index < -0.39 is 0 Å². The maximum absolute atomic E-state index is 11.7. The van der Waals surface area contributed by atoms with Gasteiger partial charge in [0.1, 0.15) is 17.0 Å². The first-order valence-corrected chi connectivity index (χ1v) is 9.37. The summed E-state index contributed by atoms with van der Waals surface area (Å²) in [6.45, 7) is 2.10. The maximum Gasteiger partial charge on any atom is 0.251 e. The van der Waals surface area contributed by atoms with Gasteiger partial charge in [0.25, 0.3) is 5.91 Å². The summed E-state index contributed by atoms with van der Waals surface area (Å²) in [4.78, 5) is 22.7. The number of carbonyl (C=O) groups is 1. The molecule has 0 aliphatic rings. The van der Waals surface area contributed by atoms with E-state index in [0.717, 1.165) is 27.3 Å². The van der Waals surface area contributed by atoms with E-state index in [1.54, 1.807) is 36.8 Å². The number of amides is 1. The van der Waals surface area contributed by atoms with E-state index in [1.165, 1.54) is 10.4 Å². The molecule has 0 spiro atoms. The fraction of sp³-hybridized carbons (Fsp3) is 0.0952. The molecule has 4 rings (SSSR count). The van der Waals surface area contributed by atoms with Gasteiger partial charge in [-0.05, 0) is 42.3 Å². The molecule has 2 aromatic heterocycles. The van der Waals surface area contributed by atoms with Crippen molar-refractivity contribution in [3.05, 3.63) is 72.1 Å². The highest BCUT2D eigenvalue weighted by atomic mass is 32.1. The number of aromatic nitrogens is 2. The Morgan fingerprint density at radius 2 is 1.74 bits per heavy atom. The zero-order valence-corrected chi connectivity index (χ0v) is 15.8. The number of hydrogen-bond donors (Lipinski definition) is 2. The molecule has 2 aromatic carbocycles. The first-order chi connectivity index (χ1) is 13.2. The summed E-state index contributed by atoms with van der Waals surface area (Å²) in [7, 11) is 1.62. The molecule has 0 aliphatic carbocycles. The Kier molecular flexibility index (Phi) is 4.56. The normalized spacial score (nSPS) is 10.7. The molecular formula is C21H18N4OS. The summed E-state index contributed by atoms with van der Waals surface area (Å²) in [5.41, 5.74) is 3.83. The third-order valence-corrected chi connectivity index (χ3v) is 5.65. The highest BCUT2D eigenvalue weighted by Crippen LogP contribution is 2.40. The van der Waals surface area contributed by atoms with Crippen molar-refractivity contribution >= 4 is 39.0 Å². The lowest BCUT2D eigenvalue weighted by Gasteiger charge is -2.08. The van der Waals surface area contributed by atoms with Crippen LogP contribution in [0.25, 0.3) is 20.7 Å². The smallest absolute Gasteiger partial charge is 0.251 e. The molecule has 2 heterocycles. The Morgan fingerprint density at radius 3 is 2.44 bits per heavy atom. The molecule has 0 saturated carbocycles. The third kappa shape index (κ3) is 3.27. The molecule has 6 heteroatoms. The van der Waals surface area contributed by atoms with Gasteiger partial charge in [-0.3, -0.25) is 4.79 Å². The summed E-state index contributed by atoms with van der Waals surface area (Å²) in [5, 5.41) is 7.01. The van der Waals surface area contributed by atoms with Crippen molar-refractivity contribution in [3.8, 4) is 10.4 Å². The summed E-state index contributed by atoms with van der Waals surface area (Å²) >= 11 is 1.67. The number of aryl methyl sites for hydroxylation is 1. The van der Waals surface area contributed by atoms with Crippen LogP contribution in [0.2, 0.25) is 0 Å². The molecule has 4 aromatic rings. The molecule has 0 fully saturated rings. The van der Waals surface area contributed by atoms with Gasteiger partial charge in [0.2, 0.25) is 0 Å². The van der Waals surface area contributed by atoms with Crippen LogP contribution in [-0.2, 0) is 0 Å². The number of nitrogens with zero attached hydrogens (tertiary/aromatic N) is 2. The Balaban J connectivity index is 1.72. The van der Waals surface area contributed by atoms with Crippen molar-refractivity contribution in [2.75, 3.05) is 12.4 Å². The maximum atomic E-state index is 11.7. The Labute approximate surface area is 161 Å². The SMILES string of the molecule is CNC(=O)c1ccc(Nc2ncnc3sc(-c4ccccc4)c(C)c23)cc1. The molecule has 0 aliphatic heterocycles. The molecule has 5 nitrogen and oxygen atoms in total. The minimum absolute atomic E-state index is 0.104. The number of carbonyl (C=O) groups excluding carboxylic acids is 1. The number of anilines is 2. The van der Waals surface area contributed by atoms with Crippen molar-refractivity contribution in [1.82, 2.24) is 15.3 Å². The minimum Gasteiger partial charge on any atom is -0.355 e. The summed E-state index contributed by atoms with van der Waals surface area (Å²) in [6, 6.07) is 17.6. The van der Waals surface area contributed by atoms with Crippen LogP contribution in [0.5, 0.6) is 0 Å². The first kappa shape index (κ1) is 17.2. The van der Waals surface area contributed by atoms with Crippen molar-refractivity contribution in [3.63, 3.8) is 0 Å². The van der Waals surface area contributed by atoms with E-state index in [-0.39, 0.29) is 5.91 Å². The largest absolute Gasteiger partial charge is 0.355 e. The van der Waals surface area contributed by atoms with Gasteiger partial charge in [-0.1, -0.05) is 30.3 Å². The predicted molar refractivity (Wildman–Crippen MR) is 111 cm³/mol. The van der Waals surface area contributed by atoms with Gasteiger partial charge in [0, 0.05) is 23.2 Å². The quantitative estimate of drug-likeness (QED) is 0.540. The second kappa shape index (κ2) is 7.17. The lowest BCUT2D eigenvalue weighted by Crippen LogP contribution is -2.17. The fourth-order valence-electron chi connectivity index (χ4n) is 3.02. The van der Waals surface area contributed by atoms with E-state index in [4.69, 9.17) is 0 Å². The highest BCUT2D eigenvalue weighted by Gasteiger charge is 2.15. The molecule has 2 N–H and O–H groups in total. The van der Waals surface area contributed by atoms with Gasteiger partial charge in [0.15, 0.2) is 0 Å². The number of fused-ring (bicyclic) bond motifs is 1. The van der Waals surface area contributed by atoms with E-state index in [9.17, 15) is 4.79 Å². The van der Waals surface area contributed by atoms with Gasteiger partial charge >= 0.3 is 0 Å². The van der Waals surface area contributed by atoms with Gasteiger partial charge in [-0.15, -0.1) is 11.3 Å². The molecule has 0 unspecified atom stereocenters. The standard InChI is InChI=1S/C21H18N4OS/c1-13-17-19(25-16-10-8-15(9-11-16)20(26)22-2)23-12-24-21(17)27-18(13)14-6-4-3-5-7-14/h3-12H,1-2H3,(H,22,26)(H,23,24,25). The molecular weight excluding hydrogens is 356 g/mol. The first-order valence-electron chi connectivity index (χ1n) is 8.56. The lowest BCUT2D eigenvalue weighted by molar-refractivity contribution is 0.0963. The topological polar surface area (TPSA) is 66.9 Å². The van der Waals surface area contributed by atoms with E-state index in [1.807, 2.05) is 30.3 Å². The van der Waals surface area contributed by atoms with Crippen molar-refractivity contribution in [2.24, 2.45) is 0 Å². The van der Waals surface area contributed by atoms with Gasteiger partial charge in [-0.2, -0.15) is 0 Å². The Bertz CT molecular complexity index is 1100. The molecule has 0 radical (unpaired) electrons. The second-order valence-electron chi connectivity index (χ2n) is 6.11. The Morgan fingerprint density at radius 1 is 1.00 bits per heavy atom. The fourth-order valence-corrected chi connectivity index (χ4v) is 4.17. The number of benzene rings is 2. The Hall–Kier alpha value is -3.25. The van der Waals surface area contributed by atoms with Crippen LogP contribution in [0, 0.1) is 6.92 Å². The van der Waals surface area contributed by atoms with E-state index in [0.29, 0.717) is 5.56 Å². The van der Waals surface area contributed by atoms with Crippen molar-refractivity contribution in [2.45, 2.75) is 6.92 Å². The molecule has 134 valence electrons. The monoisotopic (exact) mass is 374 g/mol. The van der Waals surface area contributed by atoms with E-state index >= 15 is 0 Å². The highest BCUT2D eigenvalue weighted by molar-refractivity contribution is 7.22. The second-order valence-corrected chi connectivity index (χ2v) is 7.11. The predicted octanol–water partition coefficient (Wildman–Crippen LogP) is 4.77. The van der Waals surface area contributed by atoms with Gasteiger partial charge in [0.05, 0.1) is 5.39 Å². The minimum atomic E-state index is -0.104. The van der Waals surface area contributed by atoms with Crippen LogP contribution < -0.4 is 10.6 Å². The number of rotatable bonds is 4. The average Bonchev–Trinajstić information content (AvgIpc) is 3.06. The average molecular weight is 374 g/mol. The summed E-state index contributed by atoms with van der Waals surface area (Å²) in [5.74, 6) is 0.663. The van der Waals surface area contributed by atoms with Crippen LogP contribution in [0.3, 0.4) is 0 Å². The number of thiophene rings is 1. The molecule has 27 heavy (non-hydrogen) atoms. The van der Waals surface area contributed by atoms with Crippen LogP contribution >= 0.6 is 11.3 Å². The number of hydrogen-bond acceptors (Lipinski definition) is 5. The molecule has 0 saturated heterocycles. The van der Waals surface area contributed by atoms with Gasteiger partial charge in [-0.25, -0.2) is 9.97 Å². The molecule has 1 amide bonds. The van der Waals surface area contributed by atoms with Crippen LogP contribution in [0.4, 0.5) is 11.5 Å². The van der Waals surface area contributed by atoms with Crippen molar-refractivity contribution < 1.29 is 4.79 Å². The van der Waals surface area contributed by atoms with E-state index in [2.05, 4.69) is 39.7 Å². The zero-order chi connectivity index (χ0) is 18.8. The summed E-state index contributed by atoms with van der Waals surface area (Å²) < 4.78 is 0. The van der Waals surface area contributed by atoms with Crippen LogP contribution in [0.1, 0.15) is 15.9 Å². The summed E-state index contributed by atoms with van der Waals surface area (Å²) in [6.07, 6.45) is 1.58. The molecule has 0 atom stereocenters. The van der Waals surface area contributed by atoms with Gasteiger partial charge < -0.3 is 10.6 Å². The van der Waals surface area contributed by atoms with Crippen molar-refractivity contribution in [1.29, 1.82) is 0 Å².